The standard InChI is InChI=1S/C24H24ClF3N4O4S/c1-36-24(33)19-20(12-3-6-15(7-4-12)32-37(2,34)35)30-23(22-18(28)10-14(27)11-29-22)31-21(19)16-8-5-13(26)9-17(16)25/h5,8-12,15,21,32H,3-4,6-7H2,1-2H3,(H,30,31)/t12-,15+,21?. The Bertz CT molecular complexity index is 1390. The van der Waals surface area contributed by atoms with Crippen LogP contribution in [0.25, 0.3) is 0 Å². The molecule has 1 fully saturated rings. The number of benzene rings is 1. The van der Waals surface area contributed by atoms with Gasteiger partial charge >= 0.3 is 5.97 Å². The van der Waals surface area contributed by atoms with Crippen molar-refractivity contribution in [3.63, 3.8) is 0 Å². The smallest absolute Gasteiger partial charge is 0.338 e. The Morgan fingerprint density at radius 3 is 2.43 bits per heavy atom. The second kappa shape index (κ2) is 10.8. The maximum atomic E-state index is 14.7. The summed E-state index contributed by atoms with van der Waals surface area (Å²) in [7, 11) is -2.20. The third kappa shape index (κ3) is 6.13. The van der Waals surface area contributed by atoms with Gasteiger partial charge in [0.1, 0.15) is 23.4 Å². The molecule has 0 amide bonds. The molecule has 1 aromatic carbocycles. The van der Waals surface area contributed by atoms with Crippen molar-refractivity contribution in [1.82, 2.24) is 15.0 Å². The number of ether oxygens (including phenoxy) is 1. The fraction of sp³-hybridized carbons (Fsp3) is 0.375. The molecule has 37 heavy (non-hydrogen) atoms. The quantitative estimate of drug-likeness (QED) is 0.524. The first-order chi connectivity index (χ1) is 17.5. The monoisotopic (exact) mass is 556 g/mol. The number of nitrogens with zero attached hydrogens (tertiary/aromatic N) is 2. The lowest BCUT2D eigenvalue weighted by molar-refractivity contribution is -0.136. The summed E-state index contributed by atoms with van der Waals surface area (Å²) in [5.74, 6) is -3.53. The van der Waals surface area contributed by atoms with Crippen molar-refractivity contribution in [2.75, 3.05) is 13.4 Å². The number of aliphatic imine (C=N–C) groups is 1. The molecule has 1 aliphatic carbocycles. The van der Waals surface area contributed by atoms with Crippen LogP contribution in [0.2, 0.25) is 5.02 Å². The van der Waals surface area contributed by atoms with Crippen LogP contribution in [0.4, 0.5) is 13.2 Å². The number of halogens is 4. The summed E-state index contributed by atoms with van der Waals surface area (Å²) in [5, 5.41) is 3.00. The Kier molecular flexibility index (Phi) is 7.91. The van der Waals surface area contributed by atoms with E-state index in [0.717, 1.165) is 24.6 Å². The topological polar surface area (TPSA) is 110 Å². The number of carbonyl (C=O) groups excluding carboxylic acids is 1. The third-order valence-corrected chi connectivity index (χ3v) is 7.37. The van der Waals surface area contributed by atoms with Crippen LogP contribution in [0.5, 0.6) is 0 Å². The summed E-state index contributed by atoms with van der Waals surface area (Å²) in [5.41, 5.74) is 0.473. The number of sulfonamides is 1. The van der Waals surface area contributed by atoms with Crippen LogP contribution < -0.4 is 10.0 Å². The number of nitrogens with one attached hydrogen (secondary N) is 2. The van der Waals surface area contributed by atoms with E-state index in [1.165, 1.54) is 13.2 Å². The Morgan fingerprint density at radius 2 is 1.84 bits per heavy atom. The average molecular weight is 557 g/mol. The Balaban J connectivity index is 1.81. The van der Waals surface area contributed by atoms with Gasteiger partial charge in [-0.1, -0.05) is 17.7 Å². The first kappa shape index (κ1) is 27.1. The highest BCUT2D eigenvalue weighted by Crippen LogP contribution is 2.41. The van der Waals surface area contributed by atoms with Crippen molar-refractivity contribution in [2.24, 2.45) is 10.9 Å². The first-order valence-electron chi connectivity index (χ1n) is 11.4. The van der Waals surface area contributed by atoms with Gasteiger partial charge in [-0.2, -0.15) is 0 Å². The molecule has 0 radical (unpaired) electrons. The molecule has 0 saturated heterocycles. The van der Waals surface area contributed by atoms with Crippen molar-refractivity contribution in [2.45, 2.75) is 37.8 Å². The van der Waals surface area contributed by atoms with Gasteiger partial charge in [0, 0.05) is 28.4 Å². The van der Waals surface area contributed by atoms with E-state index in [1.807, 2.05) is 0 Å². The van der Waals surface area contributed by atoms with E-state index in [4.69, 9.17) is 16.3 Å². The Hall–Kier alpha value is -2.96. The molecule has 2 aliphatic rings. The molecule has 4 rings (SSSR count). The zero-order chi connectivity index (χ0) is 26.9. The van der Waals surface area contributed by atoms with Gasteiger partial charge in [0.25, 0.3) is 0 Å². The molecule has 1 unspecified atom stereocenters. The van der Waals surface area contributed by atoms with E-state index >= 15 is 0 Å². The molecular formula is C24H24ClF3N4O4S. The summed E-state index contributed by atoms with van der Waals surface area (Å²) in [6.45, 7) is 0. The number of amidine groups is 1. The highest BCUT2D eigenvalue weighted by Gasteiger charge is 2.38. The predicted molar refractivity (Wildman–Crippen MR) is 131 cm³/mol. The van der Waals surface area contributed by atoms with Gasteiger partial charge in [-0.25, -0.2) is 36.1 Å². The highest BCUT2D eigenvalue weighted by molar-refractivity contribution is 7.88. The number of esters is 1. The SMILES string of the molecule is COC(=O)C1=C([C@H]2CC[C@@H](NS(C)(=O)=O)CC2)NC(c2ncc(F)cc2F)=NC1c1ccc(F)cc1Cl. The van der Waals surface area contributed by atoms with Gasteiger partial charge in [-0.15, -0.1) is 0 Å². The normalized spacial score (nSPS) is 22.3. The minimum Gasteiger partial charge on any atom is -0.466 e. The predicted octanol–water partition coefficient (Wildman–Crippen LogP) is 3.78. The third-order valence-electron chi connectivity index (χ3n) is 6.29. The molecule has 1 atom stereocenters. The number of aromatic nitrogens is 1. The van der Waals surface area contributed by atoms with Gasteiger partial charge in [-0.05, 0) is 43.7 Å². The highest BCUT2D eigenvalue weighted by atomic mass is 35.5. The van der Waals surface area contributed by atoms with E-state index < -0.39 is 39.5 Å². The molecule has 1 aromatic heterocycles. The maximum Gasteiger partial charge on any atom is 0.338 e. The molecule has 198 valence electrons. The zero-order valence-corrected chi connectivity index (χ0v) is 21.5. The summed E-state index contributed by atoms with van der Waals surface area (Å²) >= 11 is 6.33. The van der Waals surface area contributed by atoms with Gasteiger partial charge < -0.3 is 10.1 Å². The van der Waals surface area contributed by atoms with Crippen LogP contribution in [0.15, 0.2) is 46.7 Å². The van der Waals surface area contributed by atoms with Crippen LogP contribution >= 0.6 is 11.6 Å². The molecule has 2 aromatic rings. The molecule has 1 aliphatic heterocycles. The number of pyridine rings is 1. The zero-order valence-electron chi connectivity index (χ0n) is 19.9. The van der Waals surface area contributed by atoms with Crippen LogP contribution in [-0.2, 0) is 19.6 Å². The molecule has 8 nitrogen and oxygen atoms in total. The molecule has 1 saturated carbocycles. The van der Waals surface area contributed by atoms with E-state index in [2.05, 4.69) is 20.0 Å². The lowest BCUT2D eigenvalue weighted by Crippen LogP contribution is -2.41. The van der Waals surface area contributed by atoms with Crippen molar-refractivity contribution < 1.29 is 31.1 Å². The summed E-state index contributed by atoms with van der Waals surface area (Å²) in [6, 6.07) is 2.88. The van der Waals surface area contributed by atoms with Crippen LogP contribution in [0, 0.1) is 23.4 Å². The number of hydrogen-bond acceptors (Lipinski definition) is 7. The number of hydrogen-bond donors (Lipinski definition) is 2. The van der Waals surface area contributed by atoms with E-state index in [0.29, 0.717) is 37.4 Å². The van der Waals surface area contributed by atoms with Crippen LogP contribution in [0.3, 0.4) is 0 Å². The number of methoxy groups -OCH3 is 1. The van der Waals surface area contributed by atoms with Crippen molar-refractivity contribution in [1.29, 1.82) is 0 Å². The van der Waals surface area contributed by atoms with E-state index in [-0.39, 0.29) is 39.6 Å². The maximum absolute atomic E-state index is 14.7. The molecular weight excluding hydrogens is 533 g/mol. The second-order valence-corrected chi connectivity index (χ2v) is 11.1. The van der Waals surface area contributed by atoms with Crippen LogP contribution in [-0.4, -0.2) is 44.6 Å². The minimum atomic E-state index is -3.40. The van der Waals surface area contributed by atoms with E-state index in [1.54, 1.807) is 0 Å². The minimum absolute atomic E-state index is 0.00986. The number of allylic oxidation sites excluding steroid dienone is 1. The van der Waals surface area contributed by atoms with Crippen molar-refractivity contribution >= 4 is 33.4 Å². The van der Waals surface area contributed by atoms with Crippen molar-refractivity contribution in [3.8, 4) is 0 Å². The van der Waals surface area contributed by atoms with Gasteiger partial charge in [-0.3, -0.25) is 4.99 Å². The number of rotatable bonds is 6. The summed E-state index contributed by atoms with van der Waals surface area (Å²) < 4.78 is 73.0. The molecule has 2 heterocycles. The molecule has 13 heteroatoms. The fourth-order valence-corrected chi connectivity index (χ4v) is 5.79. The Labute approximate surface area is 217 Å². The van der Waals surface area contributed by atoms with Gasteiger partial charge in [0.2, 0.25) is 10.0 Å². The number of carbonyl (C=O) groups is 1. The fourth-order valence-electron chi connectivity index (χ4n) is 4.68. The molecule has 2 N–H and O–H groups in total. The van der Waals surface area contributed by atoms with Gasteiger partial charge in [0.15, 0.2) is 11.7 Å². The van der Waals surface area contributed by atoms with Crippen molar-refractivity contribution in [3.05, 3.63) is 75.5 Å². The summed E-state index contributed by atoms with van der Waals surface area (Å²) in [4.78, 5) is 21.4. The largest absolute Gasteiger partial charge is 0.466 e. The van der Waals surface area contributed by atoms with Crippen LogP contribution in [0.1, 0.15) is 43.0 Å². The lowest BCUT2D eigenvalue weighted by Gasteiger charge is -2.35. The summed E-state index contributed by atoms with van der Waals surface area (Å²) in [6.07, 6.45) is 3.84. The first-order valence-corrected chi connectivity index (χ1v) is 13.6. The second-order valence-electron chi connectivity index (χ2n) is 8.91. The Morgan fingerprint density at radius 1 is 1.14 bits per heavy atom. The average Bonchev–Trinajstić information content (AvgIpc) is 2.82. The van der Waals surface area contributed by atoms with E-state index in [9.17, 15) is 26.4 Å². The molecule has 0 spiro atoms. The lowest BCUT2D eigenvalue weighted by atomic mass is 9.80. The molecule has 0 bridgehead atoms. The van der Waals surface area contributed by atoms with Gasteiger partial charge in [0.05, 0.1) is 25.1 Å².